The number of halogens is 2. The van der Waals surface area contributed by atoms with Crippen LogP contribution in [0.4, 0.5) is 0 Å². The van der Waals surface area contributed by atoms with Crippen molar-refractivity contribution >= 4 is 41.2 Å². The van der Waals surface area contributed by atoms with Crippen molar-refractivity contribution in [1.82, 2.24) is 5.01 Å². The number of carbonyl (C=O) groups excluding carboxylic acids is 2. The maximum atomic E-state index is 12.8. The monoisotopic (exact) mass is 484 g/mol. The largest absolute Gasteiger partial charge is 0.486 e. The summed E-state index contributed by atoms with van der Waals surface area (Å²) < 4.78 is 16.5. The van der Waals surface area contributed by atoms with Crippen LogP contribution < -0.4 is 14.2 Å². The first-order valence-corrected chi connectivity index (χ1v) is 11.4. The van der Waals surface area contributed by atoms with Gasteiger partial charge < -0.3 is 14.2 Å². The van der Waals surface area contributed by atoms with Crippen molar-refractivity contribution in [1.29, 1.82) is 0 Å². The number of carbonyl (C=O) groups is 2. The maximum Gasteiger partial charge on any atom is 0.254 e. The lowest BCUT2D eigenvalue weighted by Gasteiger charge is -2.13. The fourth-order valence-electron chi connectivity index (χ4n) is 5.10. The third-order valence-corrected chi connectivity index (χ3v) is 7.17. The Morgan fingerprint density at radius 3 is 2.36 bits per heavy atom. The Bertz CT molecular complexity index is 1190. The lowest BCUT2D eigenvalue weighted by Crippen LogP contribution is -2.28. The number of allylic oxidation sites excluding steroid dienone is 2. The highest BCUT2D eigenvalue weighted by molar-refractivity contribution is 6.37. The highest BCUT2D eigenvalue weighted by atomic mass is 35.5. The van der Waals surface area contributed by atoms with Gasteiger partial charge in [-0.3, -0.25) is 9.59 Å². The Morgan fingerprint density at radius 2 is 1.67 bits per heavy atom. The molecule has 2 heterocycles. The third kappa shape index (κ3) is 3.38. The van der Waals surface area contributed by atoms with Gasteiger partial charge in [-0.15, -0.1) is 0 Å². The van der Waals surface area contributed by atoms with E-state index in [1.165, 1.54) is 6.21 Å². The van der Waals surface area contributed by atoms with Crippen LogP contribution in [0.3, 0.4) is 0 Å². The number of imide groups is 1. The second-order valence-electron chi connectivity index (χ2n) is 8.52. The lowest BCUT2D eigenvalue weighted by atomic mass is 9.85. The van der Waals surface area contributed by atoms with E-state index in [-0.39, 0.29) is 48.9 Å². The summed E-state index contributed by atoms with van der Waals surface area (Å²) in [5, 5.41) is 5.75. The first kappa shape index (κ1) is 20.6. The number of nitrogens with zero attached hydrogens (tertiary/aromatic N) is 2. The average molecular weight is 485 g/mol. The summed E-state index contributed by atoms with van der Waals surface area (Å²) in [4.78, 5) is 25.5. The van der Waals surface area contributed by atoms with Gasteiger partial charge >= 0.3 is 0 Å². The van der Waals surface area contributed by atoms with Gasteiger partial charge in [0.25, 0.3) is 11.8 Å². The summed E-state index contributed by atoms with van der Waals surface area (Å²) in [6, 6.07) is 8.79. The predicted molar refractivity (Wildman–Crippen MR) is 121 cm³/mol. The molecule has 2 aromatic carbocycles. The van der Waals surface area contributed by atoms with Gasteiger partial charge in [-0.05, 0) is 53.6 Å². The zero-order valence-corrected chi connectivity index (χ0v) is 18.8. The highest BCUT2D eigenvalue weighted by Crippen LogP contribution is 2.52. The van der Waals surface area contributed by atoms with Crippen molar-refractivity contribution in [2.45, 2.75) is 13.0 Å². The molecule has 0 N–H and O–H groups in total. The van der Waals surface area contributed by atoms with E-state index in [4.69, 9.17) is 37.4 Å². The standard InChI is InChI=1S/C24H18Cl2N2O5/c25-16-5-13(9-27-28-23(29)20-14-2-3-15(8-14)21(20)24(28)30)6-17(26)22(16)31-10-12-1-4-18-19(7-12)33-11-32-18/h1-7,9,14-15,20-21H,8,10-11H2. The second-order valence-corrected chi connectivity index (χ2v) is 9.34. The Balaban J connectivity index is 1.16. The van der Waals surface area contributed by atoms with Crippen LogP contribution in [-0.2, 0) is 16.2 Å². The topological polar surface area (TPSA) is 77.4 Å². The Morgan fingerprint density at radius 1 is 1.00 bits per heavy atom. The zero-order valence-electron chi connectivity index (χ0n) is 17.2. The van der Waals surface area contributed by atoms with E-state index in [0.717, 1.165) is 17.0 Å². The van der Waals surface area contributed by atoms with Crippen LogP contribution in [0.5, 0.6) is 17.2 Å². The van der Waals surface area contributed by atoms with Crippen molar-refractivity contribution in [3.63, 3.8) is 0 Å². The second kappa shape index (κ2) is 7.78. The molecule has 0 radical (unpaired) electrons. The predicted octanol–water partition coefficient (Wildman–Crippen LogP) is 4.44. The zero-order chi connectivity index (χ0) is 22.7. The summed E-state index contributed by atoms with van der Waals surface area (Å²) in [5.41, 5.74) is 1.43. The Hall–Kier alpha value is -3.03. The molecule has 168 valence electrons. The van der Waals surface area contributed by atoms with Gasteiger partial charge in [0.2, 0.25) is 6.79 Å². The summed E-state index contributed by atoms with van der Waals surface area (Å²) in [5.74, 6) is 0.924. The fraction of sp³-hybridized carbons (Fsp3) is 0.292. The molecule has 4 unspecified atom stereocenters. The van der Waals surface area contributed by atoms with Gasteiger partial charge in [0.1, 0.15) is 6.61 Å². The molecule has 2 bridgehead atoms. The molecule has 33 heavy (non-hydrogen) atoms. The van der Waals surface area contributed by atoms with E-state index in [0.29, 0.717) is 32.9 Å². The highest BCUT2D eigenvalue weighted by Gasteiger charge is 2.59. The van der Waals surface area contributed by atoms with Crippen molar-refractivity contribution in [3.05, 3.63) is 63.7 Å². The number of fused-ring (bicyclic) bond motifs is 6. The van der Waals surface area contributed by atoms with Crippen LogP contribution in [0.1, 0.15) is 17.5 Å². The van der Waals surface area contributed by atoms with Crippen molar-refractivity contribution in [3.8, 4) is 17.2 Å². The number of hydrogen-bond acceptors (Lipinski definition) is 6. The minimum atomic E-state index is -0.288. The molecule has 0 aromatic heterocycles. The summed E-state index contributed by atoms with van der Waals surface area (Å²) >= 11 is 12.8. The van der Waals surface area contributed by atoms with Crippen LogP contribution in [0.15, 0.2) is 47.6 Å². The van der Waals surface area contributed by atoms with Crippen LogP contribution in [-0.4, -0.2) is 29.8 Å². The van der Waals surface area contributed by atoms with Gasteiger partial charge in [-0.25, -0.2) is 0 Å². The third-order valence-electron chi connectivity index (χ3n) is 6.61. The minimum Gasteiger partial charge on any atom is -0.486 e. The van der Waals surface area contributed by atoms with Crippen LogP contribution in [0, 0.1) is 23.7 Å². The van der Waals surface area contributed by atoms with Gasteiger partial charge in [-0.2, -0.15) is 10.1 Å². The molecule has 2 aromatic rings. The smallest absolute Gasteiger partial charge is 0.254 e. The molecule has 2 aliphatic carbocycles. The average Bonchev–Trinajstić information content (AvgIpc) is 3.56. The summed E-state index contributed by atoms with van der Waals surface area (Å²) in [7, 11) is 0. The first-order chi connectivity index (χ1) is 16.0. The maximum absolute atomic E-state index is 12.8. The first-order valence-electron chi connectivity index (χ1n) is 10.6. The molecule has 2 aliphatic heterocycles. The minimum absolute atomic E-state index is 0.140. The van der Waals surface area contributed by atoms with Crippen molar-refractivity contribution < 1.29 is 23.8 Å². The van der Waals surface area contributed by atoms with Crippen LogP contribution in [0.2, 0.25) is 10.0 Å². The summed E-state index contributed by atoms with van der Waals surface area (Å²) in [6.07, 6.45) is 6.40. The molecule has 1 saturated carbocycles. The van der Waals surface area contributed by atoms with Gasteiger partial charge in [0.15, 0.2) is 17.2 Å². The molecule has 4 aliphatic rings. The van der Waals surface area contributed by atoms with Crippen LogP contribution >= 0.6 is 23.2 Å². The fourth-order valence-corrected chi connectivity index (χ4v) is 5.72. The Kier molecular flexibility index (Phi) is 4.85. The van der Waals surface area contributed by atoms with Gasteiger partial charge in [0.05, 0.1) is 28.1 Å². The number of benzene rings is 2. The molecule has 4 atom stereocenters. The van der Waals surface area contributed by atoms with E-state index >= 15 is 0 Å². The molecular weight excluding hydrogens is 467 g/mol. The molecule has 2 fully saturated rings. The Labute approximate surface area is 199 Å². The molecule has 1 saturated heterocycles. The molecule has 7 nitrogen and oxygen atoms in total. The molecule has 9 heteroatoms. The van der Waals surface area contributed by atoms with E-state index in [2.05, 4.69) is 5.10 Å². The van der Waals surface area contributed by atoms with E-state index in [1.807, 2.05) is 30.4 Å². The van der Waals surface area contributed by atoms with E-state index in [9.17, 15) is 9.59 Å². The summed E-state index contributed by atoms with van der Waals surface area (Å²) in [6.45, 7) is 0.438. The van der Waals surface area contributed by atoms with E-state index < -0.39 is 0 Å². The molecule has 6 rings (SSSR count). The number of hydrogen-bond donors (Lipinski definition) is 0. The van der Waals surface area contributed by atoms with Gasteiger partial charge in [0, 0.05) is 0 Å². The lowest BCUT2D eigenvalue weighted by molar-refractivity contribution is -0.140. The molecule has 0 spiro atoms. The van der Waals surface area contributed by atoms with E-state index in [1.54, 1.807) is 12.1 Å². The van der Waals surface area contributed by atoms with Crippen molar-refractivity contribution in [2.75, 3.05) is 6.79 Å². The number of ether oxygens (including phenoxy) is 3. The van der Waals surface area contributed by atoms with Crippen LogP contribution in [0.25, 0.3) is 0 Å². The SMILES string of the molecule is O=C1C2C3C=CC(C3)C2C(=O)N1N=Cc1cc(Cl)c(OCc2ccc3c(c2)OCO3)c(Cl)c1. The van der Waals surface area contributed by atoms with Crippen molar-refractivity contribution in [2.24, 2.45) is 28.8 Å². The number of hydrazone groups is 1. The number of rotatable bonds is 5. The number of amides is 2. The quantitative estimate of drug-likeness (QED) is 0.356. The van der Waals surface area contributed by atoms with Gasteiger partial charge in [-0.1, -0.05) is 41.4 Å². The molecular formula is C24H18Cl2N2O5. The normalized spacial score (nSPS) is 26.7. The molecule has 2 amide bonds.